The van der Waals surface area contributed by atoms with Crippen LogP contribution < -0.4 is 15.0 Å². The van der Waals surface area contributed by atoms with Crippen LogP contribution in [0.25, 0.3) is 0 Å². The van der Waals surface area contributed by atoms with Crippen LogP contribution in [-0.2, 0) is 22.6 Å². The van der Waals surface area contributed by atoms with Gasteiger partial charge in [0.15, 0.2) is 0 Å². The summed E-state index contributed by atoms with van der Waals surface area (Å²) >= 11 is 0. The number of methoxy groups -OCH3 is 1. The molecule has 1 amide bonds. The van der Waals surface area contributed by atoms with Gasteiger partial charge >= 0.3 is 0 Å². The maximum atomic E-state index is 12.6. The predicted molar refractivity (Wildman–Crippen MR) is 153 cm³/mol. The number of carbonyl (C=O) groups excluding carboxylic acids is 1. The third-order valence-electron chi connectivity index (χ3n) is 6.83. The minimum atomic E-state index is -1.25. The molecule has 2 heterocycles. The lowest BCUT2D eigenvalue weighted by Crippen LogP contribution is -2.52. The number of aromatic nitrogens is 1. The Morgan fingerprint density at radius 2 is 1.70 bits per heavy atom. The van der Waals surface area contributed by atoms with Crippen LogP contribution in [-0.4, -0.2) is 84.1 Å². The van der Waals surface area contributed by atoms with Crippen molar-refractivity contribution in [2.45, 2.75) is 32.0 Å². The molecule has 0 spiro atoms. The quantitative estimate of drug-likeness (QED) is 0.347. The molecule has 0 unspecified atom stereocenters. The van der Waals surface area contributed by atoms with E-state index < -0.39 is 5.60 Å². The maximum Gasteiger partial charge on any atom is 0.250 e. The van der Waals surface area contributed by atoms with Gasteiger partial charge < -0.3 is 28.8 Å². The molecule has 4 rings (SSSR count). The van der Waals surface area contributed by atoms with Crippen molar-refractivity contribution in [3.05, 3.63) is 94.4 Å². The second kappa shape index (κ2) is 14.1. The third kappa shape index (κ3) is 8.67. The number of nitrogens with zero attached hydrogens (tertiary/aromatic N) is 3. The Hall–Kier alpha value is -3.66. The number of pyridine rings is 1. The van der Waals surface area contributed by atoms with Gasteiger partial charge in [0.25, 0.3) is 5.56 Å². The van der Waals surface area contributed by atoms with Gasteiger partial charge in [0, 0.05) is 52.1 Å². The Labute approximate surface area is 235 Å². The molecule has 1 N–H and O–H groups in total. The number of β-amino-alcohol motifs (C(OH)–C–C–N with tert-alkyl or cyclic N) is 1. The van der Waals surface area contributed by atoms with E-state index in [2.05, 4.69) is 4.90 Å². The van der Waals surface area contributed by atoms with Gasteiger partial charge in [-0.3, -0.25) is 14.5 Å². The molecular formula is C31H39N3O6. The maximum absolute atomic E-state index is 12.6. The molecule has 1 saturated heterocycles. The molecule has 0 bridgehead atoms. The first-order valence-corrected chi connectivity index (χ1v) is 13.6. The number of aryl methyl sites for hydroxylation is 2. The van der Waals surface area contributed by atoms with Crippen molar-refractivity contribution in [2.24, 2.45) is 0 Å². The normalized spacial score (nSPS) is 17.8. The Bertz CT molecular complexity index is 1280. The Kier molecular flexibility index (Phi) is 10.3. The molecule has 1 atom stereocenters. The van der Waals surface area contributed by atoms with Gasteiger partial charge in [0.05, 0.1) is 13.2 Å². The number of hydrogen-bond acceptors (Lipinski definition) is 7. The highest BCUT2D eigenvalue weighted by Crippen LogP contribution is 2.21. The number of benzene rings is 2. The fourth-order valence-corrected chi connectivity index (χ4v) is 4.83. The molecule has 0 radical (unpaired) electrons. The molecule has 2 aromatic carbocycles. The number of aliphatic hydroxyl groups is 1. The van der Waals surface area contributed by atoms with Crippen molar-refractivity contribution in [1.29, 1.82) is 0 Å². The molecule has 1 aliphatic heterocycles. The van der Waals surface area contributed by atoms with E-state index in [0.717, 1.165) is 23.3 Å². The summed E-state index contributed by atoms with van der Waals surface area (Å²) in [5, 5.41) is 11.6. The van der Waals surface area contributed by atoms with Crippen LogP contribution in [0.4, 0.5) is 0 Å². The number of rotatable bonds is 12. The largest absolute Gasteiger partial charge is 0.494 e. The molecule has 40 heavy (non-hydrogen) atoms. The van der Waals surface area contributed by atoms with Crippen LogP contribution in [0, 0.1) is 6.92 Å². The topological polar surface area (TPSA) is 93.5 Å². The van der Waals surface area contributed by atoms with Crippen LogP contribution in [0.3, 0.4) is 0 Å². The summed E-state index contributed by atoms with van der Waals surface area (Å²) in [6.45, 7) is 5.34. The Balaban J connectivity index is 1.33. The number of carbonyl (C=O) groups is 1. The van der Waals surface area contributed by atoms with E-state index in [1.165, 1.54) is 7.11 Å². The molecule has 214 valence electrons. The van der Waals surface area contributed by atoms with E-state index in [1.54, 1.807) is 15.5 Å². The summed E-state index contributed by atoms with van der Waals surface area (Å²) in [5.41, 5.74) is 0.865. The first kappa shape index (κ1) is 29.3. The minimum Gasteiger partial charge on any atom is -0.494 e. The standard InChI is InChI=1S/C31H39N3O6/c1-25-9-14-29(35)33(19-25)15-6-18-39-28-12-10-26(11-13-28)20-32-16-17-34(30(36)21-38-2)23-31(37,22-32)24-40-27-7-4-3-5-8-27/h3-5,7-14,19,37H,6,15-18,20-24H2,1-2H3/t31-/m1/s1. The first-order chi connectivity index (χ1) is 19.3. The summed E-state index contributed by atoms with van der Waals surface area (Å²) in [6.07, 6.45) is 2.59. The van der Waals surface area contributed by atoms with Gasteiger partial charge in [0.2, 0.25) is 5.91 Å². The minimum absolute atomic E-state index is 0.00632. The Morgan fingerprint density at radius 3 is 2.45 bits per heavy atom. The summed E-state index contributed by atoms with van der Waals surface area (Å²) in [6, 6.07) is 20.7. The molecule has 0 saturated carbocycles. The highest BCUT2D eigenvalue weighted by Gasteiger charge is 2.37. The lowest BCUT2D eigenvalue weighted by molar-refractivity contribution is -0.138. The average Bonchev–Trinajstić information content (AvgIpc) is 3.12. The summed E-state index contributed by atoms with van der Waals surface area (Å²) < 4.78 is 18.6. The number of amides is 1. The summed E-state index contributed by atoms with van der Waals surface area (Å²) in [5.74, 6) is 1.28. The zero-order chi connectivity index (χ0) is 28.4. The lowest BCUT2D eigenvalue weighted by atomic mass is 10.0. The SMILES string of the molecule is COCC(=O)N1CCN(Cc2ccc(OCCCn3cc(C)ccc3=O)cc2)C[C@](O)(COc2ccccc2)C1. The molecule has 1 aliphatic rings. The molecule has 9 heteroatoms. The van der Waals surface area contributed by atoms with Crippen LogP contribution in [0.1, 0.15) is 17.5 Å². The zero-order valence-electron chi connectivity index (χ0n) is 23.3. The van der Waals surface area contributed by atoms with E-state index in [-0.39, 0.29) is 31.2 Å². The highest BCUT2D eigenvalue weighted by atomic mass is 16.5. The number of ether oxygens (including phenoxy) is 3. The van der Waals surface area contributed by atoms with Gasteiger partial charge in [0.1, 0.15) is 30.3 Å². The van der Waals surface area contributed by atoms with E-state index in [1.807, 2.05) is 73.8 Å². The zero-order valence-corrected chi connectivity index (χ0v) is 23.3. The van der Waals surface area contributed by atoms with Crippen LogP contribution >= 0.6 is 0 Å². The number of para-hydroxylation sites is 1. The van der Waals surface area contributed by atoms with Crippen molar-refractivity contribution in [3.8, 4) is 11.5 Å². The first-order valence-electron chi connectivity index (χ1n) is 13.6. The molecule has 3 aromatic rings. The van der Waals surface area contributed by atoms with Gasteiger partial charge in [-0.2, -0.15) is 0 Å². The molecule has 9 nitrogen and oxygen atoms in total. The second-order valence-electron chi connectivity index (χ2n) is 10.4. The van der Waals surface area contributed by atoms with Crippen molar-refractivity contribution in [2.75, 3.05) is 53.1 Å². The lowest BCUT2D eigenvalue weighted by Gasteiger charge is -2.33. The fourth-order valence-electron chi connectivity index (χ4n) is 4.83. The van der Waals surface area contributed by atoms with Crippen LogP contribution in [0.15, 0.2) is 77.7 Å². The monoisotopic (exact) mass is 549 g/mol. The Morgan fingerprint density at radius 1 is 0.950 bits per heavy atom. The van der Waals surface area contributed by atoms with E-state index >= 15 is 0 Å². The van der Waals surface area contributed by atoms with Crippen LogP contribution in [0.2, 0.25) is 0 Å². The van der Waals surface area contributed by atoms with Crippen molar-refractivity contribution < 1.29 is 24.1 Å². The van der Waals surface area contributed by atoms with Gasteiger partial charge in [-0.1, -0.05) is 36.4 Å². The average molecular weight is 550 g/mol. The van der Waals surface area contributed by atoms with E-state index in [9.17, 15) is 14.7 Å². The van der Waals surface area contributed by atoms with E-state index in [4.69, 9.17) is 14.2 Å². The van der Waals surface area contributed by atoms with Crippen molar-refractivity contribution >= 4 is 5.91 Å². The molecule has 1 aromatic heterocycles. The summed E-state index contributed by atoms with van der Waals surface area (Å²) in [7, 11) is 1.49. The smallest absolute Gasteiger partial charge is 0.250 e. The molecule has 1 fully saturated rings. The molecule has 0 aliphatic carbocycles. The highest BCUT2D eigenvalue weighted by molar-refractivity contribution is 5.77. The van der Waals surface area contributed by atoms with Crippen LogP contribution in [0.5, 0.6) is 11.5 Å². The number of hydrogen-bond donors (Lipinski definition) is 1. The van der Waals surface area contributed by atoms with Crippen molar-refractivity contribution in [3.63, 3.8) is 0 Å². The van der Waals surface area contributed by atoms with Gasteiger partial charge in [-0.25, -0.2) is 0 Å². The second-order valence-corrected chi connectivity index (χ2v) is 10.4. The third-order valence-corrected chi connectivity index (χ3v) is 6.83. The van der Waals surface area contributed by atoms with Crippen molar-refractivity contribution in [1.82, 2.24) is 14.4 Å². The molecular weight excluding hydrogens is 510 g/mol. The van der Waals surface area contributed by atoms with Gasteiger partial charge in [-0.05, 0) is 48.7 Å². The summed E-state index contributed by atoms with van der Waals surface area (Å²) in [4.78, 5) is 28.4. The van der Waals surface area contributed by atoms with Gasteiger partial charge in [-0.15, -0.1) is 0 Å². The predicted octanol–water partition coefficient (Wildman–Crippen LogP) is 2.73. The fraction of sp³-hybridized carbons (Fsp3) is 0.419. The van der Waals surface area contributed by atoms with E-state index in [0.29, 0.717) is 45.1 Å².